The van der Waals surface area contributed by atoms with Crippen LogP contribution in [0.15, 0.2) is 72.3 Å². The third-order valence-corrected chi connectivity index (χ3v) is 7.71. The molecule has 3 rings (SSSR count). The number of nitrogens with one attached hydrogen (secondary N) is 1. The Morgan fingerprint density at radius 3 is 1.70 bits per heavy atom. The van der Waals surface area contributed by atoms with E-state index in [1.807, 2.05) is 60.7 Å². The minimum absolute atomic E-state index is 0.220. The maximum absolute atomic E-state index is 13.8. The summed E-state index contributed by atoms with van der Waals surface area (Å²) in [5.74, 6) is 3.29. The summed E-state index contributed by atoms with van der Waals surface area (Å²) in [4.78, 5) is 0. The lowest BCUT2D eigenvalue weighted by Gasteiger charge is -2.26. The van der Waals surface area contributed by atoms with Gasteiger partial charge in [-0.1, -0.05) is 103 Å². The zero-order chi connectivity index (χ0) is 19.1. The van der Waals surface area contributed by atoms with E-state index in [2.05, 4.69) is 5.09 Å². The summed E-state index contributed by atoms with van der Waals surface area (Å²) >= 11 is 13.0. The standard InChI is InChI=1S/C22H24Cl2NOP/c23-21(18-10-4-1-5-11-18)16-27(26,25-20-14-8-3-9-15-20)17-22(24)19-12-6-2-7-13-19/h1-2,4-7,10-13,16-17,20H,3,8-9,14-15H2,(H,25,26)/b21-16+,22-17?. The molecule has 0 aromatic heterocycles. The van der Waals surface area contributed by atoms with Crippen molar-refractivity contribution in [3.8, 4) is 0 Å². The second-order valence-corrected chi connectivity index (χ2v) is 9.87. The highest BCUT2D eigenvalue weighted by atomic mass is 35.5. The van der Waals surface area contributed by atoms with Crippen molar-refractivity contribution in [2.45, 2.75) is 38.1 Å². The molecule has 0 amide bonds. The molecule has 1 fully saturated rings. The van der Waals surface area contributed by atoms with E-state index in [1.165, 1.54) is 6.42 Å². The number of benzene rings is 2. The molecule has 1 aliphatic carbocycles. The van der Waals surface area contributed by atoms with Gasteiger partial charge in [0.2, 0.25) is 0 Å². The molecule has 5 heteroatoms. The predicted octanol–water partition coefficient (Wildman–Crippen LogP) is 7.66. The lowest BCUT2D eigenvalue weighted by atomic mass is 9.96. The largest absolute Gasteiger partial charge is 0.298 e. The van der Waals surface area contributed by atoms with E-state index >= 15 is 0 Å². The van der Waals surface area contributed by atoms with E-state index in [0.717, 1.165) is 36.8 Å². The Balaban J connectivity index is 1.94. The van der Waals surface area contributed by atoms with Crippen molar-refractivity contribution in [3.63, 3.8) is 0 Å². The molecule has 1 aliphatic rings. The second kappa shape index (κ2) is 9.75. The molecular formula is C22H24Cl2NOP. The van der Waals surface area contributed by atoms with Crippen LogP contribution >= 0.6 is 30.5 Å². The summed E-state index contributed by atoms with van der Waals surface area (Å²) in [5, 5.41) is 4.30. The van der Waals surface area contributed by atoms with Gasteiger partial charge < -0.3 is 0 Å². The first-order chi connectivity index (χ1) is 13.1. The van der Waals surface area contributed by atoms with E-state index in [0.29, 0.717) is 10.1 Å². The van der Waals surface area contributed by atoms with Crippen LogP contribution in [0.2, 0.25) is 0 Å². The van der Waals surface area contributed by atoms with Crippen LogP contribution in [0, 0.1) is 0 Å². The fourth-order valence-corrected chi connectivity index (χ4v) is 6.46. The normalized spacial score (nSPS) is 18.9. The predicted molar refractivity (Wildman–Crippen MR) is 118 cm³/mol. The topological polar surface area (TPSA) is 29.1 Å². The zero-order valence-corrected chi connectivity index (χ0v) is 17.6. The number of hydrogen-bond acceptors (Lipinski definition) is 1. The quantitative estimate of drug-likeness (QED) is 0.486. The molecule has 1 unspecified atom stereocenters. The van der Waals surface area contributed by atoms with Crippen LogP contribution in [0.3, 0.4) is 0 Å². The molecule has 2 nitrogen and oxygen atoms in total. The maximum Gasteiger partial charge on any atom is 0.193 e. The van der Waals surface area contributed by atoms with Gasteiger partial charge in [-0.15, -0.1) is 0 Å². The first kappa shape index (κ1) is 20.4. The van der Waals surface area contributed by atoms with Crippen LogP contribution in [0.5, 0.6) is 0 Å². The fourth-order valence-electron chi connectivity index (χ4n) is 3.31. The Kier molecular flexibility index (Phi) is 7.38. The third-order valence-electron chi connectivity index (χ3n) is 4.70. The van der Waals surface area contributed by atoms with Crippen molar-refractivity contribution in [1.29, 1.82) is 0 Å². The summed E-state index contributed by atoms with van der Waals surface area (Å²) in [6.07, 6.45) is 5.60. The lowest BCUT2D eigenvalue weighted by molar-refractivity contribution is 0.414. The number of rotatable bonds is 6. The SMILES string of the molecule is O=P(C=C(Cl)c1ccccc1)(/C=C(/Cl)c1ccccc1)NC1CCCCC1. The van der Waals surface area contributed by atoms with Gasteiger partial charge >= 0.3 is 0 Å². The van der Waals surface area contributed by atoms with Gasteiger partial charge in [0, 0.05) is 17.7 Å². The van der Waals surface area contributed by atoms with Gasteiger partial charge in [-0.25, -0.2) is 0 Å². The molecule has 0 aliphatic heterocycles. The van der Waals surface area contributed by atoms with E-state index in [1.54, 1.807) is 11.6 Å². The number of hydrogen-bond donors (Lipinski definition) is 1. The van der Waals surface area contributed by atoms with Gasteiger partial charge in [-0.3, -0.25) is 9.65 Å². The molecule has 142 valence electrons. The third kappa shape index (κ3) is 6.09. The van der Waals surface area contributed by atoms with Gasteiger partial charge in [-0.2, -0.15) is 0 Å². The Labute approximate surface area is 171 Å². The molecule has 2 aromatic rings. The Morgan fingerprint density at radius 2 is 1.26 bits per heavy atom. The van der Waals surface area contributed by atoms with Crippen LogP contribution in [0.4, 0.5) is 0 Å². The van der Waals surface area contributed by atoms with E-state index < -0.39 is 7.29 Å². The van der Waals surface area contributed by atoms with Gasteiger partial charge in [0.15, 0.2) is 7.29 Å². The van der Waals surface area contributed by atoms with E-state index in [-0.39, 0.29) is 6.04 Å². The molecule has 2 aromatic carbocycles. The van der Waals surface area contributed by atoms with Gasteiger partial charge in [0.1, 0.15) is 0 Å². The lowest BCUT2D eigenvalue weighted by Crippen LogP contribution is -2.27. The van der Waals surface area contributed by atoms with Gasteiger partial charge in [0.25, 0.3) is 0 Å². The average Bonchev–Trinajstić information content (AvgIpc) is 2.69. The summed E-state index contributed by atoms with van der Waals surface area (Å²) in [7, 11) is -3.07. The zero-order valence-electron chi connectivity index (χ0n) is 15.2. The molecule has 0 heterocycles. The van der Waals surface area contributed by atoms with Crippen molar-refractivity contribution in [3.05, 3.63) is 83.4 Å². The molecule has 1 atom stereocenters. The Morgan fingerprint density at radius 1 is 0.815 bits per heavy atom. The molecule has 0 saturated heterocycles. The number of halogens is 2. The first-order valence-electron chi connectivity index (χ1n) is 9.30. The summed E-state index contributed by atoms with van der Waals surface area (Å²) in [5.41, 5.74) is 1.68. The molecule has 1 N–H and O–H groups in total. The molecule has 0 spiro atoms. The highest BCUT2D eigenvalue weighted by molar-refractivity contribution is 7.68. The Hall–Kier alpha value is -1.31. The van der Waals surface area contributed by atoms with Crippen molar-refractivity contribution in [2.24, 2.45) is 0 Å². The highest BCUT2D eigenvalue weighted by Crippen LogP contribution is 2.51. The van der Waals surface area contributed by atoms with E-state index in [4.69, 9.17) is 23.2 Å². The molecule has 0 bridgehead atoms. The molecule has 1 saturated carbocycles. The monoisotopic (exact) mass is 419 g/mol. The Bertz CT molecular complexity index is 784. The average molecular weight is 420 g/mol. The first-order valence-corrected chi connectivity index (χ1v) is 11.9. The van der Waals surface area contributed by atoms with Crippen LogP contribution in [0.25, 0.3) is 10.1 Å². The van der Waals surface area contributed by atoms with Crippen molar-refractivity contribution < 1.29 is 4.57 Å². The molecule has 27 heavy (non-hydrogen) atoms. The second-order valence-electron chi connectivity index (χ2n) is 6.86. The van der Waals surface area contributed by atoms with Gasteiger partial charge in [0.05, 0.1) is 10.1 Å². The molecular weight excluding hydrogens is 396 g/mol. The van der Waals surface area contributed by atoms with E-state index in [9.17, 15) is 4.57 Å². The molecule has 0 radical (unpaired) electrons. The summed E-state index contributed by atoms with van der Waals surface area (Å²) in [6, 6.07) is 19.4. The minimum Gasteiger partial charge on any atom is -0.298 e. The van der Waals surface area contributed by atoms with Gasteiger partial charge in [-0.05, 0) is 24.0 Å². The summed E-state index contributed by atoms with van der Waals surface area (Å²) in [6.45, 7) is 0. The van der Waals surface area contributed by atoms with Crippen molar-refractivity contribution in [2.75, 3.05) is 0 Å². The highest BCUT2D eigenvalue weighted by Gasteiger charge is 2.24. The summed E-state index contributed by atoms with van der Waals surface area (Å²) < 4.78 is 13.8. The van der Waals surface area contributed by atoms with Crippen molar-refractivity contribution in [1.82, 2.24) is 5.09 Å². The smallest absolute Gasteiger partial charge is 0.193 e. The fraction of sp³-hybridized carbons (Fsp3) is 0.273. The van der Waals surface area contributed by atoms with Crippen molar-refractivity contribution >= 4 is 40.6 Å². The van der Waals surface area contributed by atoms with Crippen LogP contribution in [0.1, 0.15) is 43.2 Å². The van der Waals surface area contributed by atoms with Crippen LogP contribution < -0.4 is 5.09 Å². The van der Waals surface area contributed by atoms with Crippen LogP contribution in [-0.2, 0) is 4.57 Å². The minimum atomic E-state index is -3.07. The maximum atomic E-state index is 13.8. The van der Waals surface area contributed by atoms with Crippen LogP contribution in [-0.4, -0.2) is 6.04 Å².